The molecule has 0 spiro atoms. The molecule has 0 aliphatic carbocycles. The molecule has 6 heteroatoms. The number of rotatable bonds is 4. The van der Waals surface area contributed by atoms with Crippen LogP contribution in [0.2, 0.25) is 0 Å². The molecule has 1 fully saturated rings. The Morgan fingerprint density at radius 2 is 2.25 bits per heavy atom. The van der Waals surface area contributed by atoms with Gasteiger partial charge in [-0.3, -0.25) is 9.59 Å². The van der Waals surface area contributed by atoms with Crippen molar-refractivity contribution in [2.45, 2.75) is 13.0 Å². The summed E-state index contributed by atoms with van der Waals surface area (Å²) in [7, 11) is 3.63. The normalized spacial score (nSPS) is 19.9. The van der Waals surface area contributed by atoms with Gasteiger partial charge in [-0.05, 0) is 7.05 Å². The van der Waals surface area contributed by atoms with Gasteiger partial charge in [0.2, 0.25) is 11.8 Å². The van der Waals surface area contributed by atoms with Crippen molar-refractivity contribution < 1.29 is 9.59 Å². The average Bonchev–Trinajstić information content (AvgIpc) is 2.73. The molecule has 0 aromatic carbocycles. The van der Waals surface area contributed by atoms with Gasteiger partial charge in [-0.25, -0.2) is 0 Å². The van der Waals surface area contributed by atoms with Crippen LogP contribution in [-0.4, -0.2) is 66.5 Å². The molecule has 2 amide bonds. The van der Waals surface area contributed by atoms with E-state index in [1.165, 1.54) is 6.92 Å². The van der Waals surface area contributed by atoms with Gasteiger partial charge in [0.25, 0.3) is 0 Å². The Morgan fingerprint density at radius 3 is 2.81 bits per heavy atom. The van der Waals surface area contributed by atoms with Crippen LogP contribution in [0.1, 0.15) is 6.92 Å². The van der Waals surface area contributed by atoms with E-state index >= 15 is 0 Å². The first-order chi connectivity index (χ1) is 7.57. The zero-order valence-corrected chi connectivity index (χ0v) is 10.8. The van der Waals surface area contributed by atoms with E-state index in [1.807, 2.05) is 7.05 Å². The van der Waals surface area contributed by atoms with Crippen LogP contribution in [0.25, 0.3) is 0 Å². The van der Waals surface area contributed by atoms with Gasteiger partial charge in [0.05, 0.1) is 5.88 Å². The van der Waals surface area contributed by atoms with E-state index in [1.54, 1.807) is 28.6 Å². The van der Waals surface area contributed by atoms with Crippen LogP contribution in [0.3, 0.4) is 0 Å². The number of nitrogens with one attached hydrogen (secondary N) is 1. The quantitative estimate of drug-likeness (QED) is 0.731. The Balaban J connectivity index is 2.55. The van der Waals surface area contributed by atoms with Gasteiger partial charge in [0.1, 0.15) is 6.04 Å². The lowest BCUT2D eigenvalue weighted by Gasteiger charge is -2.26. The van der Waals surface area contributed by atoms with Gasteiger partial charge >= 0.3 is 0 Å². The van der Waals surface area contributed by atoms with Crippen molar-refractivity contribution in [1.82, 2.24) is 15.1 Å². The second-order valence-corrected chi connectivity index (χ2v) is 4.87. The maximum atomic E-state index is 12.1. The van der Waals surface area contributed by atoms with Crippen LogP contribution in [0.4, 0.5) is 0 Å². The number of likely N-dealkylation sites (N-methyl/N-ethyl adjacent to an activating group) is 2. The van der Waals surface area contributed by atoms with Crippen LogP contribution in [0.5, 0.6) is 0 Å². The van der Waals surface area contributed by atoms with Gasteiger partial charge in [-0.1, -0.05) is 0 Å². The fraction of sp³-hybridized carbons (Fsp3) is 0.800. The number of carbonyl (C=O) groups is 2. The Labute approximate surface area is 101 Å². The minimum atomic E-state index is -0.274. The molecule has 0 aromatic heterocycles. The number of hydrogen-bond acceptors (Lipinski definition) is 4. The third-order valence-corrected chi connectivity index (χ3v) is 3.66. The molecule has 0 saturated carbocycles. The van der Waals surface area contributed by atoms with E-state index in [-0.39, 0.29) is 17.9 Å². The van der Waals surface area contributed by atoms with Crippen molar-refractivity contribution in [2.75, 3.05) is 38.8 Å². The standard InChI is InChI=1S/C10H19N3O2S/c1-8(14)13-7-16-6-9(13)10(15)12(3)5-4-11-2/h9,11H,4-7H2,1-3H3. The SMILES string of the molecule is CNCCN(C)C(=O)C1CSCN1C(C)=O. The Kier molecular flexibility index (Phi) is 5.08. The zero-order chi connectivity index (χ0) is 12.1. The molecule has 92 valence electrons. The highest BCUT2D eigenvalue weighted by molar-refractivity contribution is 7.99. The molecule has 1 atom stereocenters. The third-order valence-electron chi connectivity index (χ3n) is 2.65. The van der Waals surface area contributed by atoms with E-state index in [0.717, 1.165) is 6.54 Å². The second-order valence-electron chi connectivity index (χ2n) is 3.87. The number of nitrogens with zero attached hydrogens (tertiary/aromatic N) is 2. The van der Waals surface area contributed by atoms with Crippen LogP contribution < -0.4 is 5.32 Å². The summed E-state index contributed by atoms with van der Waals surface area (Å²) >= 11 is 1.63. The summed E-state index contributed by atoms with van der Waals surface area (Å²) in [6.45, 7) is 2.95. The second kappa shape index (κ2) is 6.10. The van der Waals surface area contributed by atoms with Crippen molar-refractivity contribution in [2.24, 2.45) is 0 Å². The highest BCUT2D eigenvalue weighted by Crippen LogP contribution is 2.22. The van der Waals surface area contributed by atoms with Crippen molar-refractivity contribution in [3.8, 4) is 0 Å². The summed E-state index contributed by atoms with van der Waals surface area (Å²) < 4.78 is 0. The van der Waals surface area contributed by atoms with Gasteiger partial charge in [-0.2, -0.15) is 0 Å². The van der Waals surface area contributed by atoms with Crippen molar-refractivity contribution in [3.05, 3.63) is 0 Å². The molecule has 1 heterocycles. The van der Waals surface area contributed by atoms with Crippen LogP contribution >= 0.6 is 11.8 Å². The van der Waals surface area contributed by atoms with Crippen molar-refractivity contribution in [1.29, 1.82) is 0 Å². The molecule has 1 aliphatic rings. The van der Waals surface area contributed by atoms with E-state index in [9.17, 15) is 9.59 Å². The molecular formula is C10H19N3O2S. The molecule has 1 N–H and O–H groups in total. The van der Waals surface area contributed by atoms with E-state index in [0.29, 0.717) is 18.2 Å². The molecule has 1 saturated heterocycles. The van der Waals surface area contributed by atoms with Crippen LogP contribution in [0, 0.1) is 0 Å². The fourth-order valence-corrected chi connectivity index (χ4v) is 2.81. The predicted octanol–water partition coefficient (Wildman–Crippen LogP) is -0.414. The van der Waals surface area contributed by atoms with E-state index in [4.69, 9.17) is 0 Å². The molecule has 1 aliphatic heterocycles. The maximum Gasteiger partial charge on any atom is 0.246 e. The third kappa shape index (κ3) is 3.12. The predicted molar refractivity (Wildman–Crippen MR) is 65.2 cm³/mol. The largest absolute Gasteiger partial charge is 0.343 e. The first kappa shape index (κ1) is 13.3. The van der Waals surface area contributed by atoms with Gasteiger partial charge in [0.15, 0.2) is 0 Å². The molecule has 1 rings (SSSR count). The lowest BCUT2D eigenvalue weighted by molar-refractivity contribution is -0.141. The fourth-order valence-electron chi connectivity index (χ4n) is 1.60. The molecule has 16 heavy (non-hydrogen) atoms. The lowest BCUT2D eigenvalue weighted by Crippen LogP contribution is -2.48. The summed E-state index contributed by atoms with van der Waals surface area (Å²) in [5, 5.41) is 3.00. The molecular weight excluding hydrogens is 226 g/mol. The van der Waals surface area contributed by atoms with Gasteiger partial charge < -0.3 is 15.1 Å². The monoisotopic (exact) mass is 245 g/mol. The number of hydrogen-bond donors (Lipinski definition) is 1. The minimum absolute atomic E-state index is 0.0228. The zero-order valence-electron chi connectivity index (χ0n) is 10.0. The average molecular weight is 245 g/mol. The Hall–Kier alpha value is -0.750. The van der Waals surface area contributed by atoms with Crippen LogP contribution in [0.15, 0.2) is 0 Å². The highest BCUT2D eigenvalue weighted by Gasteiger charge is 2.34. The number of amides is 2. The molecule has 0 radical (unpaired) electrons. The lowest BCUT2D eigenvalue weighted by atomic mass is 10.2. The number of thioether (sulfide) groups is 1. The van der Waals surface area contributed by atoms with E-state index in [2.05, 4.69) is 5.32 Å². The Bertz CT molecular complexity index is 273. The molecule has 5 nitrogen and oxygen atoms in total. The summed E-state index contributed by atoms with van der Waals surface area (Å²) in [5.74, 6) is 1.36. The smallest absolute Gasteiger partial charge is 0.246 e. The molecule has 0 aromatic rings. The summed E-state index contributed by atoms with van der Waals surface area (Å²) in [6.07, 6.45) is 0. The van der Waals surface area contributed by atoms with Crippen molar-refractivity contribution >= 4 is 23.6 Å². The van der Waals surface area contributed by atoms with Crippen molar-refractivity contribution in [3.63, 3.8) is 0 Å². The minimum Gasteiger partial charge on any atom is -0.343 e. The summed E-state index contributed by atoms with van der Waals surface area (Å²) in [4.78, 5) is 26.7. The first-order valence-electron chi connectivity index (χ1n) is 5.32. The maximum absolute atomic E-state index is 12.1. The van der Waals surface area contributed by atoms with E-state index < -0.39 is 0 Å². The molecule has 1 unspecified atom stereocenters. The van der Waals surface area contributed by atoms with Crippen LogP contribution in [-0.2, 0) is 9.59 Å². The topological polar surface area (TPSA) is 52.7 Å². The van der Waals surface area contributed by atoms with Gasteiger partial charge in [0, 0.05) is 32.8 Å². The number of carbonyl (C=O) groups excluding carboxylic acids is 2. The first-order valence-corrected chi connectivity index (χ1v) is 6.48. The summed E-state index contributed by atoms with van der Waals surface area (Å²) in [5.41, 5.74) is 0. The summed E-state index contributed by atoms with van der Waals surface area (Å²) in [6, 6.07) is -0.274. The van der Waals surface area contributed by atoms with Gasteiger partial charge in [-0.15, -0.1) is 11.8 Å². The highest BCUT2D eigenvalue weighted by atomic mass is 32.2. The Morgan fingerprint density at radius 1 is 1.56 bits per heavy atom. The molecule has 0 bridgehead atoms.